The average Bonchev–Trinajstić information content (AvgIpc) is 2.13. The fourth-order valence-corrected chi connectivity index (χ4v) is 2.88. The normalized spacial score (nSPS) is 12.8. The van der Waals surface area contributed by atoms with Gasteiger partial charge in [0.05, 0.1) is 4.90 Å². The van der Waals surface area contributed by atoms with Gasteiger partial charge in [-0.15, -0.1) is 0 Å². The number of rotatable bonds is 3. The highest BCUT2D eigenvalue weighted by atomic mass is 79.9. The van der Waals surface area contributed by atoms with Crippen molar-refractivity contribution in [2.24, 2.45) is 0 Å². The van der Waals surface area contributed by atoms with Crippen molar-refractivity contribution in [3.05, 3.63) is 28.2 Å². The standard InChI is InChI=1S/C9H9BrF3NO2S/c1-6-4-7(10)2-3-8(6)17(15,16)14-5-9(11,12)13/h2-4,14H,5H2,1H3. The van der Waals surface area contributed by atoms with Crippen LogP contribution in [0.15, 0.2) is 27.6 Å². The van der Waals surface area contributed by atoms with E-state index in [9.17, 15) is 21.6 Å². The quantitative estimate of drug-likeness (QED) is 0.925. The molecule has 0 aromatic heterocycles. The summed E-state index contributed by atoms with van der Waals surface area (Å²) in [6, 6.07) is 4.22. The van der Waals surface area contributed by atoms with Crippen molar-refractivity contribution in [2.45, 2.75) is 18.0 Å². The summed E-state index contributed by atoms with van der Waals surface area (Å²) in [4.78, 5) is -0.162. The Morgan fingerprint density at radius 1 is 1.35 bits per heavy atom. The number of aryl methyl sites for hydroxylation is 1. The van der Waals surface area contributed by atoms with Gasteiger partial charge in [-0.3, -0.25) is 0 Å². The molecular formula is C9H9BrF3NO2S. The molecule has 0 aliphatic rings. The number of hydrogen-bond acceptors (Lipinski definition) is 2. The van der Waals surface area contributed by atoms with E-state index in [4.69, 9.17) is 0 Å². The fourth-order valence-electron chi connectivity index (χ4n) is 1.17. The van der Waals surface area contributed by atoms with Crippen molar-refractivity contribution < 1.29 is 21.6 Å². The van der Waals surface area contributed by atoms with E-state index in [1.807, 2.05) is 0 Å². The summed E-state index contributed by atoms with van der Waals surface area (Å²) in [5.41, 5.74) is 0.369. The molecule has 1 aromatic carbocycles. The summed E-state index contributed by atoms with van der Waals surface area (Å²) in [5, 5.41) is 0. The molecule has 8 heteroatoms. The van der Waals surface area contributed by atoms with Gasteiger partial charge in [0, 0.05) is 4.47 Å². The molecule has 3 nitrogen and oxygen atoms in total. The van der Waals surface area contributed by atoms with E-state index in [0.29, 0.717) is 10.0 Å². The molecule has 1 N–H and O–H groups in total. The van der Waals surface area contributed by atoms with E-state index < -0.39 is 22.7 Å². The van der Waals surface area contributed by atoms with Gasteiger partial charge in [0.15, 0.2) is 0 Å². The van der Waals surface area contributed by atoms with Crippen molar-refractivity contribution in [1.82, 2.24) is 4.72 Å². The van der Waals surface area contributed by atoms with E-state index in [-0.39, 0.29) is 4.90 Å². The first-order valence-electron chi connectivity index (χ1n) is 4.44. The van der Waals surface area contributed by atoms with Crippen LogP contribution in [0.1, 0.15) is 5.56 Å². The monoisotopic (exact) mass is 331 g/mol. The maximum absolute atomic E-state index is 11.9. The Balaban J connectivity index is 2.98. The van der Waals surface area contributed by atoms with Gasteiger partial charge in [-0.25, -0.2) is 13.1 Å². The number of halogens is 4. The third kappa shape index (κ3) is 4.29. The van der Waals surface area contributed by atoms with Gasteiger partial charge >= 0.3 is 6.18 Å². The molecule has 17 heavy (non-hydrogen) atoms. The molecule has 0 spiro atoms. The van der Waals surface area contributed by atoms with Crippen LogP contribution in [-0.4, -0.2) is 21.1 Å². The SMILES string of the molecule is Cc1cc(Br)ccc1S(=O)(=O)NCC(F)(F)F. The van der Waals surface area contributed by atoms with Crippen LogP contribution in [0, 0.1) is 6.92 Å². The smallest absolute Gasteiger partial charge is 0.207 e. The minimum Gasteiger partial charge on any atom is -0.207 e. The lowest BCUT2D eigenvalue weighted by atomic mass is 10.2. The molecule has 0 bridgehead atoms. The number of hydrogen-bond donors (Lipinski definition) is 1. The molecule has 0 saturated carbocycles. The predicted molar refractivity (Wildman–Crippen MR) is 60.1 cm³/mol. The molecule has 0 radical (unpaired) electrons. The number of benzene rings is 1. The first-order chi connectivity index (χ1) is 7.62. The van der Waals surface area contributed by atoms with Crippen LogP contribution >= 0.6 is 15.9 Å². The van der Waals surface area contributed by atoms with E-state index in [0.717, 1.165) is 0 Å². The summed E-state index contributed by atoms with van der Waals surface area (Å²) in [6.45, 7) is -0.0717. The van der Waals surface area contributed by atoms with Gasteiger partial charge in [0.1, 0.15) is 6.54 Å². The maximum atomic E-state index is 11.9. The lowest BCUT2D eigenvalue weighted by Gasteiger charge is -2.11. The van der Waals surface area contributed by atoms with Crippen LogP contribution in [0.25, 0.3) is 0 Å². The highest BCUT2D eigenvalue weighted by Crippen LogP contribution is 2.21. The molecule has 0 fully saturated rings. The topological polar surface area (TPSA) is 46.2 Å². The van der Waals surface area contributed by atoms with Gasteiger partial charge in [0.2, 0.25) is 10.0 Å². The number of alkyl halides is 3. The lowest BCUT2D eigenvalue weighted by molar-refractivity contribution is -0.121. The molecular weight excluding hydrogens is 323 g/mol. The minimum absolute atomic E-state index is 0.162. The van der Waals surface area contributed by atoms with E-state index in [2.05, 4.69) is 15.9 Å². The van der Waals surface area contributed by atoms with Crippen molar-refractivity contribution in [3.8, 4) is 0 Å². The van der Waals surface area contributed by atoms with Gasteiger partial charge < -0.3 is 0 Å². The number of sulfonamides is 1. The molecule has 0 aliphatic carbocycles. The Morgan fingerprint density at radius 2 is 1.94 bits per heavy atom. The van der Waals surface area contributed by atoms with Gasteiger partial charge in [-0.1, -0.05) is 15.9 Å². The molecule has 0 atom stereocenters. The van der Waals surface area contributed by atoms with Crippen molar-refractivity contribution >= 4 is 26.0 Å². The first kappa shape index (κ1) is 14.5. The zero-order valence-electron chi connectivity index (χ0n) is 8.68. The predicted octanol–water partition coefficient (Wildman–Crippen LogP) is 2.60. The molecule has 0 heterocycles. The second kappa shape index (κ2) is 4.95. The van der Waals surface area contributed by atoms with Crippen LogP contribution < -0.4 is 4.72 Å². The molecule has 1 aromatic rings. The third-order valence-corrected chi connectivity index (χ3v) is 3.94. The van der Waals surface area contributed by atoms with Crippen molar-refractivity contribution in [2.75, 3.05) is 6.54 Å². The van der Waals surface area contributed by atoms with Gasteiger partial charge in [-0.2, -0.15) is 13.2 Å². The molecule has 0 saturated heterocycles. The molecule has 0 aliphatic heterocycles. The van der Waals surface area contributed by atoms with Gasteiger partial charge in [0.25, 0.3) is 0 Å². The van der Waals surface area contributed by atoms with Crippen LogP contribution in [-0.2, 0) is 10.0 Å². The Morgan fingerprint density at radius 3 is 2.41 bits per heavy atom. The molecule has 0 unspecified atom stereocenters. The summed E-state index contributed by atoms with van der Waals surface area (Å²) in [5.74, 6) is 0. The zero-order chi connectivity index (χ0) is 13.3. The Bertz CT molecular complexity index is 513. The second-order valence-corrected chi connectivity index (χ2v) is 6.00. The zero-order valence-corrected chi connectivity index (χ0v) is 11.1. The van der Waals surface area contributed by atoms with Crippen LogP contribution in [0.2, 0.25) is 0 Å². The summed E-state index contributed by atoms with van der Waals surface area (Å²) in [7, 11) is -4.13. The summed E-state index contributed by atoms with van der Waals surface area (Å²) >= 11 is 3.14. The molecule has 96 valence electrons. The number of nitrogens with one attached hydrogen (secondary N) is 1. The maximum Gasteiger partial charge on any atom is 0.402 e. The minimum atomic E-state index is -4.57. The van der Waals surface area contributed by atoms with Gasteiger partial charge in [-0.05, 0) is 30.7 Å². The molecule has 1 rings (SSSR count). The Kier molecular flexibility index (Phi) is 4.21. The van der Waals surface area contributed by atoms with E-state index >= 15 is 0 Å². The van der Waals surface area contributed by atoms with Crippen LogP contribution in [0.5, 0.6) is 0 Å². The Hall–Kier alpha value is -0.600. The summed E-state index contributed by atoms with van der Waals surface area (Å²) < 4.78 is 61.1. The largest absolute Gasteiger partial charge is 0.402 e. The highest BCUT2D eigenvalue weighted by Gasteiger charge is 2.30. The average molecular weight is 332 g/mol. The lowest BCUT2D eigenvalue weighted by Crippen LogP contribution is -2.34. The fraction of sp³-hybridized carbons (Fsp3) is 0.333. The summed E-state index contributed by atoms with van der Waals surface area (Å²) in [6.07, 6.45) is -4.57. The Labute approximate surface area is 105 Å². The van der Waals surface area contributed by atoms with Crippen molar-refractivity contribution in [3.63, 3.8) is 0 Å². The second-order valence-electron chi connectivity index (χ2n) is 3.35. The van der Waals surface area contributed by atoms with Crippen LogP contribution in [0.3, 0.4) is 0 Å². The van der Waals surface area contributed by atoms with E-state index in [1.54, 1.807) is 0 Å². The third-order valence-electron chi connectivity index (χ3n) is 1.89. The first-order valence-corrected chi connectivity index (χ1v) is 6.72. The highest BCUT2D eigenvalue weighted by molar-refractivity contribution is 9.10. The molecule has 0 amide bonds. The van der Waals surface area contributed by atoms with Crippen molar-refractivity contribution in [1.29, 1.82) is 0 Å². The van der Waals surface area contributed by atoms with E-state index in [1.165, 1.54) is 29.8 Å². The van der Waals surface area contributed by atoms with Crippen LogP contribution in [0.4, 0.5) is 13.2 Å².